The van der Waals surface area contributed by atoms with Gasteiger partial charge >= 0.3 is 12.1 Å². The molecule has 20 heavy (non-hydrogen) atoms. The number of carboxylic acids is 1. The molecule has 0 saturated heterocycles. The number of H-pyrrole nitrogens is 1. The highest BCUT2D eigenvalue weighted by Crippen LogP contribution is 2.30. The van der Waals surface area contributed by atoms with E-state index in [1.54, 1.807) is 0 Å². The van der Waals surface area contributed by atoms with Crippen LogP contribution < -0.4 is 4.74 Å². The van der Waals surface area contributed by atoms with Crippen molar-refractivity contribution in [2.24, 2.45) is 0 Å². The SMILES string of the molecule is O=C(O)c1n[nH]nc1COc1ccc(C(F)(F)F)cc1. The number of nitrogens with zero attached hydrogens (tertiary/aromatic N) is 2. The largest absolute Gasteiger partial charge is 0.487 e. The molecule has 0 aliphatic carbocycles. The van der Waals surface area contributed by atoms with E-state index in [1.807, 2.05) is 0 Å². The Hall–Kier alpha value is -2.58. The Bertz CT molecular complexity index is 607. The quantitative estimate of drug-likeness (QED) is 0.899. The first-order valence-corrected chi connectivity index (χ1v) is 5.31. The van der Waals surface area contributed by atoms with Crippen molar-refractivity contribution in [2.75, 3.05) is 0 Å². The van der Waals surface area contributed by atoms with Gasteiger partial charge in [0, 0.05) is 0 Å². The second-order valence-electron chi connectivity index (χ2n) is 3.73. The second kappa shape index (κ2) is 5.19. The highest BCUT2D eigenvalue weighted by atomic mass is 19.4. The summed E-state index contributed by atoms with van der Waals surface area (Å²) < 4.78 is 42.2. The second-order valence-corrected chi connectivity index (χ2v) is 3.73. The van der Waals surface area contributed by atoms with Gasteiger partial charge in [0.05, 0.1) is 5.56 Å². The van der Waals surface area contributed by atoms with Gasteiger partial charge in [0.15, 0.2) is 5.69 Å². The molecule has 106 valence electrons. The number of carboxylic acid groups (broad SMARTS) is 1. The molecule has 0 aliphatic rings. The van der Waals surface area contributed by atoms with Crippen LogP contribution in [0.15, 0.2) is 24.3 Å². The lowest BCUT2D eigenvalue weighted by molar-refractivity contribution is -0.137. The van der Waals surface area contributed by atoms with Gasteiger partial charge in [0.1, 0.15) is 18.1 Å². The van der Waals surface area contributed by atoms with Gasteiger partial charge in [-0.05, 0) is 24.3 Å². The van der Waals surface area contributed by atoms with Crippen LogP contribution in [-0.2, 0) is 12.8 Å². The molecular formula is C11H8F3N3O3. The molecule has 0 bridgehead atoms. The summed E-state index contributed by atoms with van der Waals surface area (Å²) in [7, 11) is 0. The van der Waals surface area contributed by atoms with Crippen LogP contribution in [0.2, 0.25) is 0 Å². The molecule has 1 heterocycles. The molecule has 1 aromatic heterocycles. The number of benzene rings is 1. The van der Waals surface area contributed by atoms with Crippen molar-refractivity contribution in [3.8, 4) is 5.75 Å². The summed E-state index contributed by atoms with van der Waals surface area (Å²) in [5, 5.41) is 17.9. The number of hydrogen-bond donors (Lipinski definition) is 2. The number of rotatable bonds is 4. The molecule has 0 fully saturated rings. The lowest BCUT2D eigenvalue weighted by atomic mass is 10.2. The van der Waals surface area contributed by atoms with Gasteiger partial charge in [-0.1, -0.05) is 0 Å². The van der Waals surface area contributed by atoms with Gasteiger partial charge in [0.25, 0.3) is 0 Å². The highest BCUT2D eigenvalue weighted by molar-refractivity contribution is 5.86. The first-order valence-electron chi connectivity index (χ1n) is 5.31. The number of alkyl halides is 3. The molecule has 9 heteroatoms. The van der Waals surface area contributed by atoms with E-state index in [2.05, 4.69) is 15.4 Å². The third kappa shape index (κ3) is 3.05. The molecule has 1 aromatic carbocycles. The maximum Gasteiger partial charge on any atom is 0.416 e. The van der Waals surface area contributed by atoms with Crippen LogP contribution in [0.25, 0.3) is 0 Å². The van der Waals surface area contributed by atoms with E-state index >= 15 is 0 Å². The van der Waals surface area contributed by atoms with E-state index in [4.69, 9.17) is 9.84 Å². The highest BCUT2D eigenvalue weighted by Gasteiger charge is 2.30. The number of aromatic amines is 1. The number of halogens is 3. The maximum absolute atomic E-state index is 12.3. The third-order valence-corrected chi connectivity index (χ3v) is 2.38. The van der Waals surface area contributed by atoms with E-state index < -0.39 is 17.7 Å². The molecule has 0 aliphatic heterocycles. The number of hydrogen-bond acceptors (Lipinski definition) is 4. The van der Waals surface area contributed by atoms with Crippen LogP contribution in [0.1, 0.15) is 21.7 Å². The van der Waals surface area contributed by atoms with Gasteiger partial charge in [0.2, 0.25) is 0 Å². The molecule has 2 rings (SSSR count). The number of aromatic carboxylic acids is 1. The van der Waals surface area contributed by atoms with Crippen molar-refractivity contribution in [3.63, 3.8) is 0 Å². The Kier molecular flexibility index (Phi) is 3.59. The smallest absolute Gasteiger partial charge is 0.416 e. The maximum atomic E-state index is 12.3. The molecule has 0 unspecified atom stereocenters. The fraction of sp³-hybridized carbons (Fsp3) is 0.182. The predicted octanol–water partition coefficient (Wildman–Crippen LogP) is 2.10. The van der Waals surface area contributed by atoms with Gasteiger partial charge in [-0.15, -0.1) is 5.10 Å². The zero-order valence-electron chi connectivity index (χ0n) is 9.81. The molecule has 2 aromatic rings. The molecule has 0 spiro atoms. The van der Waals surface area contributed by atoms with Gasteiger partial charge in [-0.3, -0.25) is 0 Å². The summed E-state index contributed by atoms with van der Waals surface area (Å²) in [4.78, 5) is 10.7. The minimum Gasteiger partial charge on any atom is -0.487 e. The molecule has 6 nitrogen and oxygen atoms in total. The Balaban J connectivity index is 2.04. The van der Waals surface area contributed by atoms with E-state index in [9.17, 15) is 18.0 Å². The average Bonchev–Trinajstić information content (AvgIpc) is 2.84. The van der Waals surface area contributed by atoms with E-state index in [0.29, 0.717) is 0 Å². The summed E-state index contributed by atoms with van der Waals surface area (Å²) in [6.07, 6.45) is -4.42. The van der Waals surface area contributed by atoms with Crippen molar-refractivity contribution in [2.45, 2.75) is 12.8 Å². The van der Waals surface area contributed by atoms with Crippen molar-refractivity contribution < 1.29 is 27.8 Å². The van der Waals surface area contributed by atoms with Crippen LogP contribution in [0, 0.1) is 0 Å². The summed E-state index contributed by atoms with van der Waals surface area (Å²) in [6, 6.07) is 4.03. The minimum atomic E-state index is -4.42. The summed E-state index contributed by atoms with van der Waals surface area (Å²) >= 11 is 0. The van der Waals surface area contributed by atoms with Crippen molar-refractivity contribution in [1.82, 2.24) is 15.4 Å². The molecule has 0 amide bonds. The monoisotopic (exact) mass is 287 g/mol. The fourth-order valence-electron chi connectivity index (χ4n) is 1.42. The number of ether oxygens (including phenoxy) is 1. The zero-order chi connectivity index (χ0) is 14.8. The van der Waals surface area contributed by atoms with Gasteiger partial charge in [-0.2, -0.15) is 23.5 Å². The zero-order valence-corrected chi connectivity index (χ0v) is 9.81. The van der Waals surface area contributed by atoms with Crippen LogP contribution in [-0.4, -0.2) is 26.5 Å². The number of aromatic nitrogens is 3. The van der Waals surface area contributed by atoms with E-state index in [1.165, 1.54) is 0 Å². The number of nitrogens with one attached hydrogen (secondary N) is 1. The molecule has 2 N–H and O–H groups in total. The van der Waals surface area contributed by atoms with Crippen LogP contribution >= 0.6 is 0 Å². The van der Waals surface area contributed by atoms with Gasteiger partial charge < -0.3 is 9.84 Å². The van der Waals surface area contributed by atoms with Gasteiger partial charge in [-0.25, -0.2) is 4.79 Å². The third-order valence-electron chi connectivity index (χ3n) is 2.38. The average molecular weight is 287 g/mol. The minimum absolute atomic E-state index is 0.0531. The standard InChI is InChI=1S/C11H8F3N3O3/c12-11(13,14)6-1-3-7(4-2-6)20-5-8-9(10(18)19)16-17-15-8/h1-4H,5H2,(H,18,19)(H,15,16,17). The molecule has 0 saturated carbocycles. The lowest BCUT2D eigenvalue weighted by Gasteiger charge is -2.08. The normalized spacial score (nSPS) is 11.3. The Labute approximate surface area is 110 Å². The van der Waals surface area contributed by atoms with Crippen molar-refractivity contribution in [1.29, 1.82) is 0 Å². The van der Waals surface area contributed by atoms with Crippen molar-refractivity contribution in [3.05, 3.63) is 41.2 Å². The molecule has 0 atom stereocenters. The topological polar surface area (TPSA) is 88.1 Å². The Morgan fingerprint density at radius 1 is 1.25 bits per heavy atom. The first-order chi connectivity index (χ1) is 9.38. The number of carbonyl (C=O) groups is 1. The Morgan fingerprint density at radius 3 is 2.45 bits per heavy atom. The molecular weight excluding hydrogens is 279 g/mol. The van der Waals surface area contributed by atoms with Crippen molar-refractivity contribution >= 4 is 5.97 Å². The first kappa shape index (κ1) is 13.8. The Morgan fingerprint density at radius 2 is 1.90 bits per heavy atom. The van der Waals surface area contributed by atoms with E-state index in [0.717, 1.165) is 24.3 Å². The fourth-order valence-corrected chi connectivity index (χ4v) is 1.42. The van der Waals surface area contributed by atoms with Crippen LogP contribution in [0.3, 0.4) is 0 Å². The predicted molar refractivity (Wildman–Crippen MR) is 59.1 cm³/mol. The van der Waals surface area contributed by atoms with Crippen LogP contribution in [0.4, 0.5) is 13.2 Å². The summed E-state index contributed by atoms with van der Waals surface area (Å²) in [5.41, 5.74) is -1.04. The summed E-state index contributed by atoms with van der Waals surface area (Å²) in [5.74, 6) is -1.11. The summed E-state index contributed by atoms with van der Waals surface area (Å²) in [6.45, 7) is -0.219. The van der Waals surface area contributed by atoms with Crippen LogP contribution in [0.5, 0.6) is 5.75 Å². The molecule has 0 radical (unpaired) electrons. The van der Waals surface area contributed by atoms with E-state index in [-0.39, 0.29) is 23.7 Å². The lowest BCUT2D eigenvalue weighted by Crippen LogP contribution is -2.06.